The van der Waals surface area contributed by atoms with Crippen LogP contribution in [0.25, 0.3) is 6.08 Å². The molecule has 4 aromatic carbocycles. The molecule has 7 rings (SSSR count). The number of fused-ring (bicyclic) bond motifs is 3. The van der Waals surface area contributed by atoms with E-state index in [0.717, 1.165) is 40.7 Å². The van der Waals surface area contributed by atoms with Crippen molar-refractivity contribution in [3.8, 4) is 5.75 Å². The van der Waals surface area contributed by atoms with Crippen molar-refractivity contribution in [2.45, 2.75) is 78.4 Å². The van der Waals surface area contributed by atoms with Gasteiger partial charge in [-0.05, 0) is 113 Å². The normalized spacial score (nSPS) is 21.3. The van der Waals surface area contributed by atoms with Crippen LogP contribution >= 0.6 is 0 Å². The van der Waals surface area contributed by atoms with E-state index in [9.17, 15) is 24.7 Å². The van der Waals surface area contributed by atoms with Crippen molar-refractivity contribution < 1.29 is 33.9 Å². The minimum absolute atomic E-state index is 0.211. The van der Waals surface area contributed by atoms with Gasteiger partial charge in [0.05, 0.1) is 36.8 Å². The fourth-order valence-corrected chi connectivity index (χ4v) is 14.2. The summed E-state index contributed by atoms with van der Waals surface area (Å²) in [4.78, 5) is 30.1. The molecule has 2 saturated heterocycles. The number of aromatic hydroxyl groups is 1. The molecule has 296 valence electrons. The van der Waals surface area contributed by atoms with Crippen LogP contribution in [0.4, 0.5) is 5.69 Å². The third-order valence-corrected chi connectivity index (χ3v) is 17.4. The van der Waals surface area contributed by atoms with Crippen LogP contribution < -0.4 is 20.7 Å². The number of hydrogen-bond acceptors (Lipinski definition) is 7. The number of carbonyl (C=O) groups excluding carboxylic acids is 2. The monoisotopic (exact) mass is 783 g/mol. The third-order valence-electron chi connectivity index (χ3n) is 12.4. The van der Waals surface area contributed by atoms with Crippen LogP contribution in [-0.4, -0.2) is 61.7 Å². The fraction of sp³-hybridized carbons (Fsp3) is 0.362. The Kier molecular flexibility index (Phi) is 11.6. The van der Waals surface area contributed by atoms with E-state index in [-0.39, 0.29) is 34.3 Å². The van der Waals surface area contributed by atoms with E-state index in [2.05, 4.69) is 82.3 Å². The van der Waals surface area contributed by atoms with Gasteiger partial charge >= 0.3 is 7.12 Å². The molecule has 2 amide bonds. The summed E-state index contributed by atoms with van der Waals surface area (Å²) >= 11 is 0. The van der Waals surface area contributed by atoms with Crippen molar-refractivity contribution in [2.24, 2.45) is 17.8 Å². The Morgan fingerprint density at radius 1 is 0.895 bits per heavy atom. The molecule has 0 radical (unpaired) electrons. The summed E-state index contributed by atoms with van der Waals surface area (Å²) in [6.07, 6.45) is 4.68. The van der Waals surface area contributed by atoms with Gasteiger partial charge in [-0.25, -0.2) is 0 Å². The quantitative estimate of drug-likeness (QED) is 0.0871. The first-order valence-electron chi connectivity index (χ1n) is 20.2. The third kappa shape index (κ3) is 7.62. The molecule has 2 aliphatic heterocycles. The molecule has 2 heterocycles. The Morgan fingerprint density at radius 3 is 2.11 bits per heavy atom. The maximum Gasteiger partial charge on any atom is 0.488 e. The van der Waals surface area contributed by atoms with E-state index < -0.39 is 27.3 Å². The van der Waals surface area contributed by atoms with Gasteiger partial charge in [-0.1, -0.05) is 112 Å². The molecule has 10 heteroatoms. The van der Waals surface area contributed by atoms with E-state index in [4.69, 9.17) is 9.16 Å². The van der Waals surface area contributed by atoms with Crippen LogP contribution in [0.3, 0.4) is 0 Å². The van der Waals surface area contributed by atoms with Gasteiger partial charge in [-0.2, -0.15) is 0 Å². The molecule has 2 fully saturated rings. The SMILES string of the molecule is CC/C(=C\c1cc(C)c(O)c(C)c1)CC[C@H]1OC[C@H]2C1=C(CO[Si](c1ccccc1)(c1ccccc1)C(C)(C)C)C[C@H]1C(=O)N(c3cccc(B(O)O)c3)C(=O)[C@H]12. The number of amides is 2. The molecule has 3 N–H and O–H groups in total. The number of anilines is 1. The molecule has 8 nitrogen and oxygen atoms in total. The smallest absolute Gasteiger partial charge is 0.488 e. The van der Waals surface area contributed by atoms with E-state index in [1.807, 2.05) is 38.1 Å². The van der Waals surface area contributed by atoms with Crippen LogP contribution in [0.15, 0.2) is 114 Å². The molecular weight excluding hydrogens is 729 g/mol. The largest absolute Gasteiger partial charge is 0.507 e. The highest BCUT2D eigenvalue weighted by Gasteiger charge is 2.58. The summed E-state index contributed by atoms with van der Waals surface area (Å²) in [5.74, 6) is -1.72. The predicted molar refractivity (Wildman–Crippen MR) is 229 cm³/mol. The Hall–Kier alpha value is -4.58. The zero-order chi connectivity index (χ0) is 40.6. The predicted octanol–water partition coefficient (Wildman–Crippen LogP) is 6.36. The van der Waals surface area contributed by atoms with Crippen molar-refractivity contribution in [2.75, 3.05) is 18.1 Å². The number of benzene rings is 4. The second-order valence-electron chi connectivity index (χ2n) is 17.0. The second kappa shape index (κ2) is 16.3. The maximum atomic E-state index is 14.5. The first-order chi connectivity index (χ1) is 27.2. The Labute approximate surface area is 338 Å². The van der Waals surface area contributed by atoms with Crippen molar-refractivity contribution >= 4 is 54.8 Å². The minimum Gasteiger partial charge on any atom is -0.507 e. The molecule has 0 spiro atoms. The molecule has 57 heavy (non-hydrogen) atoms. The van der Waals surface area contributed by atoms with Crippen LogP contribution in [0, 0.1) is 31.6 Å². The van der Waals surface area contributed by atoms with E-state index >= 15 is 0 Å². The van der Waals surface area contributed by atoms with Crippen molar-refractivity contribution in [1.82, 2.24) is 0 Å². The lowest BCUT2D eigenvalue weighted by molar-refractivity contribution is -0.122. The summed E-state index contributed by atoms with van der Waals surface area (Å²) in [5, 5.41) is 32.3. The van der Waals surface area contributed by atoms with Crippen LogP contribution in [0.1, 0.15) is 70.1 Å². The van der Waals surface area contributed by atoms with Gasteiger partial charge in [0.25, 0.3) is 8.32 Å². The van der Waals surface area contributed by atoms with Gasteiger partial charge in [-0.15, -0.1) is 0 Å². The first kappa shape index (κ1) is 40.6. The summed E-state index contributed by atoms with van der Waals surface area (Å²) in [6.45, 7) is 13.4. The molecule has 1 aliphatic carbocycles. The zero-order valence-electron chi connectivity index (χ0n) is 33.9. The van der Waals surface area contributed by atoms with Crippen molar-refractivity contribution in [1.29, 1.82) is 0 Å². The number of phenols is 1. The second-order valence-corrected chi connectivity index (χ2v) is 21.3. The topological polar surface area (TPSA) is 117 Å². The van der Waals surface area contributed by atoms with Gasteiger partial charge in [-0.3, -0.25) is 14.5 Å². The van der Waals surface area contributed by atoms with Crippen LogP contribution in [0.5, 0.6) is 5.75 Å². The molecule has 0 unspecified atom stereocenters. The molecule has 3 aliphatic rings. The Bertz CT molecular complexity index is 2130. The van der Waals surface area contributed by atoms with E-state index in [0.29, 0.717) is 37.5 Å². The number of ether oxygens (including phenoxy) is 1. The lowest BCUT2D eigenvalue weighted by Gasteiger charge is -2.44. The molecule has 4 aromatic rings. The number of imide groups is 1. The molecule has 0 saturated carbocycles. The van der Waals surface area contributed by atoms with Gasteiger partial charge in [0, 0.05) is 5.92 Å². The lowest BCUT2D eigenvalue weighted by Crippen LogP contribution is -2.66. The highest BCUT2D eigenvalue weighted by molar-refractivity contribution is 6.99. The maximum absolute atomic E-state index is 14.5. The summed E-state index contributed by atoms with van der Waals surface area (Å²) in [7, 11) is -4.69. The highest BCUT2D eigenvalue weighted by atomic mass is 28.4. The summed E-state index contributed by atoms with van der Waals surface area (Å²) < 4.78 is 14.2. The highest BCUT2D eigenvalue weighted by Crippen LogP contribution is 2.51. The molecular formula is C47H54BNO7Si. The molecule has 0 aromatic heterocycles. The van der Waals surface area contributed by atoms with Crippen molar-refractivity contribution in [3.63, 3.8) is 0 Å². The number of nitrogens with zero attached hydrogens (tertiary/aromatic N) is 1. The molecule has 4 atom stereocenters. The van der Waals surface area contributed by atoms with Gasteiger partial charge < -0.3 is 24.3 Å². The average molecular weight is 784 g/mol. The summed E-state index contributed by atoms with van der Waals surface area (Å²) in [6, 6.07) is 31.4. The van der Waals surface area contributed by atoms with E-state index in [1.54, 1.807) is 18.2 Å². The average Bonchev–Trinajstić information content (AvgIpc) is 3.73. The van der Waals surface area contributed by atoms with Crippen LogP contribution in [0.2, 0.25) is 5.04 Å². The minimum atomic E-state index is -2.96. The zero-order valence-corrected chi connectivity index (χ0v) is 34.9. The first-order valence-corrected chi connectivity index (χ1v) is 22.1. The molecule has 0 bridgehead atoms. The lowest BCUT2D eigenvalue weighted by atomic mass is 9.69. The van der Waals surface area contributed by atoms with Gasteiger partial charge in [0.1, 0.15) is 5.75 Å². The summed E-state index contributed by atoms with van der Waals surface area (Å²) in [5.41, 5.74) is 6.67. The van der Waals surface area contributed by atoms with E-state index in [1.165, 1.54) is 26.9 Å². The number of carbonyl (C=O) groups is 2. The fourth-order valence-electron chi connectivity index (χ4n) is 9.62. The Morgan fingerprint density at radius 2 is 1.53 bits per heavy atom. The number of aryl methyl sites for hydroxylation is 2. The standard InChI is InChI=1S/C47H54BNO7Si/c1-7-32(25-33-23-30(2)44(50)31(3)24-33)21-22-41-42-34(28-56-57(47(4,5)6,37-17-10-8-11-18-37)38-19-12-9-13-20-38)26-39-43(40(42)29-55-41)46(52)49(45(39)51)36-16-14-15-35(27-36)48(53)54/h8-20,23-25,27,39-41,43,50,53-54H,7,21-22,26,28-29H2,1-6H3/b32-25+/t39-,40+,41-,43-/m1/s1. The Balaban J connectivity index is 1.28. The van der Waals surface area contributed by atoms with Crippen molar-refractivity contribution in [3.05, 3.63) is 130 Å². The van der Waals surface area contributed by atoms with Gasteiger partial charge in [0.2, 0.25) is 11.8 Å². The van der Waals surface area contributed by atoms with Crippen LogP contribution in [-0.2, 0) is 18.8 Å². The number of hydrogen-bond donors (Lipinski definition) is 3. The number of phenolic OH excluding ortho intramolecular Hbond substituents is 1. The number of rotatable bonds is 12. The number of allylic oxidation sites excluding steroid dienone is 1. The van der Waals surface area contributed by atoms with Gasteiger partial charge in [0.15, 0.2) is 0 Å².